The van der Waals surface area contributed by atoms with Crippen LogP contribution in [0.15, 0.2) is 22.7 Å². The average molecular weight is 288 g/mol. The Kier molecular flexibility index (Phi) is 3.44. The van der Waals surface area contributed by atoms with E-state index in [-0.39, 0.29) is 15.1 Å². The van der Waals surface area contributed by atoms with Gasteiger partial charge in [-0.25, -0.2) is 0 Å². The van der Waals surface area contributed by atoms with Gasteiger partial charge < -0.3 is 5.73 Å². The molecule has 0 radical (unpaired) electrons. The molecular weight excluding hydrogens is 282 g/mol. The molecule has 1 rings (SSSR count). The van der Waals surface area contributed by atoms with Crippen LogP contribution in [0.4, 0.5) is 13.2 Å². The number of hydrogen-bond acceptors (Lipinski definition) is 1. The predicted octanol–water partition coefficient (Wildman–Crippen LogP) is 3.66. The Bertz CT molecular complexity index is 320. The summed E-state index contributed by atoms with van der Waals surface area (Å²) in [4.78, 5) is 0. The Balaban J connectivity index is 3.19. The second-order valence-corrected chi connectivity index (χ2v) is 3.92. The summed E-state index contributed by atoms with van der Waals surface area (Å²) in [6.07, 6.45) is -4.49. The Morgan fingerprint density at radius 2 is 1.93 bits per heavy atom. The van der Waals surface area contributed by atoms with Gasteiger partial charge in [0.2, 0.25) is 0 Å². The predicted molar refractivity (Wildman–Crippen MR) is 52.1 cm³/mol. The van der Waals surface area contributed by atoms with Gasteiger partial charge in [-0.15, -0.1) is 0 Å². The molecule has 0 aliphatic heterocycles. The molecule has 0 unspecified atom stereocenters. The second kappa shape index (κ2) is 4.08. The molecule has 0 spiro atoms. The molecule has 0 saturated carbocycles. The van der Waals surface area contributed by atoms with Crippen LogP contribution in [0.25, 0.3) is 0 Å². The fraction of sp³-hybridized carbons (Fsp3) is 0.250. The lowest BCUT2D eigenvalue weighted by Gasteiger charge is -2.18. The summed E-state index contributed by atoms with van der Waals surface area (Å²) in [6, 6.07) is 2.31. The fourth-order valence-electron chi connectivity index (χ4n) is 0.971. The van der Waals surface area contributed by atoms with E-state index in [0.29, 0.717) is 0 Å². The van der Waals surface area contributed by atoms with Gasteiger partial charge in [0.25, 0.3) is 0 Å². The van der Waals surface area contributed by atoms with Crippen molar-refractivity contribution < 1.29 is 13.2 Å². The fourth-order valence-corrected chi connectivity index (χ4v) is 1.99. The van der Waals surface area contributed by atoms with Gasteiger partial charge in [0, 0.05) is 15.1 Å². The molecule has 0 aliphatic carbocycles. The third-order valence-corrected chi connectivity index (χ3v) is 2.68. The van der Waals surface area contributed by atoms with Gasteiger partial charge in [-0.1, -0.05) is 33.6 Å². The minimum absolute atomic E-state index is 0.00389. The van der Waals surface area contributed by atoms with E-state index in [1.165, 1.54) is 12.1 Å². The highest BCUT2D eigenvalue weighted by Crippen LogP contribution is 2.37. The largest absolute Gasteiger partial charge is 0.407 e. The molecule has 1 aromatic carbocycles. The number of benzene rings is 1. The molecule has 0 heterocycles. The molecular formula is C8H6BrClF3N. The van der Waals surface area contributed by atoms with Crippen molar-refractivity contribution in [3.8, 4) is 0 Å². The van der Waals surface area contributed by atoms with Gasteiger partial charge in [-0.2, -0.15) is 13.2 Å². The van der Waals surface area contributed by atoms with Crippen molar-refractivity contribution in [2.24, 2.45) is 5.73 Å². The third kappa shape index (κ3) is 2.40. The lowest BCUT2D eigenvalue weighted by molar-refractivity contribution is -0.149. The summed E-state index contributed by atoms with van der Waals surface area (Å²) < 4.78 is 37.1. The second-order valence-electron chi connectivity index (χ2n) is 2.65. The lowest BCUT2D eigenvalue weighted by Crippen LogP contribution is -2.29. The van der Waals surface area contributed by atoms with Gasteiger partial charge in [0.15, 0.2) is 0 Å². The molecule has 1 aromatic rings. The third-order valence-electron chi connectivity index (χ3n) is 1.66. The Hall–Kier alpha value is -0.260. The molecule has 0 fully saturated rings. The first-order valence-corrected chi connectivity index (χ1v) is 4.77. The van der Waals surface area contributed by atoms with E-state index in [4.69, 9.17) is 17.3 Å². The van der Waals surface area contributed by atoms with Crippen molar-refractivity contribution in [1.29, 1.82) is 0 Å². The van der Waals surface area contributed by atoms with Crippen LogP contribution >= 0.6 is 27.5 Å². The Morgan fingerprint density at radius 1 is 1.36 bits per heavy atom. The molecule has 0 aromatic heterocycles. The number of nitrogens with two attached hydrogens (primary N) is 1. The number of hydrogen-bond donors (Lipinski definition) is 1. The number of rotatable bonds is 1. The van der Waals surface area contributed by atoms with Crippen molar-refractivity contribution in [1.82, 2.24) is 0 Å². The molecule has 0 saturated heterocycles. The van der Waals surface area contributed by atoms with Crippen molar-refractivity contribution in [2.75, 3.05) is 0 Å². The van der Waals surface area contributed by atoms with Crippen LogP contribution < -0.4 is 5.73 Å². The summed E-state index contributed by atoms with van der Waals surface area (Å²) in [5.74, 6) is 0. The Morgan fingerprint density at radius 3 is 2.36 bits per heavy atom. The minimum atomic E-state index is -4.49. The summed E-state index contributed by atoms with van der Waals surface area (Å²) in [7, 11) is 0. The quantitative estimate of drug-likeness (QED) is 0.838. The molecule has 14 heavy (non-hydrogen) atoms. The topological polar surface area (TPSA) is 26.0 Å². The van der Waals surface area contributed by atoms with E-state index in [9.17, 15) is 13.2 Å². The minimum Gasteiger partial charge on any atom is -0.316 e. The van der Waals surface area contributed by atoms with Crippen molar-refractivity contribution in [3.63, 3.8) is 0 Å². The van der Waals surface area contributed by atoms with Gasteiger partial charge in [-0.05, 0) is 12.1 Å². The zero-order chi connectivity index (χ0) is 10.9. The van der Waals surface area contributed by atoms with Gasteiger partial charge in [0.1, 0.15) is 6.04 Å². The maximum absolute atomic E-state index is 12.3. The normalized spacial score (nSPS) is 14.1. The Labute approximate surface area is 92.2 Å². The van der Waals surface area contributed by atoms with Gasteiger partial charge >= 0.3 is 6.18 Å². The van der Waals surface area contributed by atoms with Crippen LogP contribution in [-0.2, 0) is 0 Å². The van der Waals surface area contributed by atoms with Crippen LogP contribution in [0.3, 0.4) is 0 Å². The summed E-state index contributed by atoms with van der Waals surface area (Å²) in [5, 5.41) is 0.00389. The molecule has 0 amide bonds. The van der Waals surface area contributed by atoms with E-state index in [2.05, 4.69) is 15.9 Å². The average Bonchev–Trinajstić information content (AvgIpc) is 2.01. The number of alkyl halides is 3. The van der Waals surface area contributed by atoms with Crippen molar-refractivity contribution >= 4 is 27.5 Å². The molecule has 0 aliphatic rings. The molecule has 1 nitrogen and oxygen atoms in total. The van der Waals surface area contributed by atoms with E-state index in [0.717, 1.165) is 0 Å². The zero-order valence-electron chi connectivity index (χ0n) is 6.78. The maximum Gasteiger partial charge on any atom is 0.407 e. The maximum atomic E-state index is 12.3. The molecule has 78 valence electrons. The smallest absolute Gasteiger partial charge is 0.316 e. The first-order valence-electron chi connectivity index (χ1n) is 3.60. The van der Waals surface area contributed by atoms with E-state index >= 15 is 0 Å². The van der Waals surface area contributed by atoms with Crippen LogP contribution in [0.2, 0.25) is 5.02 Å². The van der Waals surface area contributed by atoms with Crippen LogP contribution in [0, 0.1) is 0 Å². The van der Waals surface area contributed by atoms with E-state index in [1.54, 1.807) is 6.07 Å². The SMILES string of the molecule is N[C@H](c1c(Cl)cccc1Br)C(F)(F)F. The monoisotopic (exact) mass is 287 g/mol. The summed E-state index contributed by atoms with van der Waals surface area (Å²) >= 11 is 8.60. The lowest BCUT2D eigenvalue weighted by atomic mass is 10.1. The molecule has 6 heteroatoms. The highest BCUT2D eigenvalue weighted by atomic mass is 79.9. The van der Waals surface area contributed by atoms with Crippen LogP contribution in [0.1, 0.15) is 11.6 Å². The van der Waals surface area contributed by atoms with Gasteiger partial charge in [-0.3, -0.25) is 0 Å². The van der Waals surface area contributed by atoms with E-state index in [1.807, 2.05) is 0 Å². The molecule has 0 bridgehead atoms. The first-order chi connectivity index (χ1) is 6.34. The molecule has 1 atom stereocenters. The summed E-state index contributed by atoms with van der Waals surface area (Å²) in [6.45, 7) is 0. The standard InChI is InChI=1S/C8H6BrClF3N/c9-4-2-1-3-5(10)6(4)7(14)8(11,12)13/h1-3,7H,14H2/t7-/m1/s1. The first kappa shape index (κ1) is 11.8. The van der Waals surface area contributed by atoms with Crippen molar-refractivity contribution in [2.45, 2.75) is 12.2 Å². The molecule has 2 N–H and O–H groups in total. The zero-order valence-corrected chi connectivity index (χ0v) is 9.12. The van der Waals surface area contributed by atoms with Crippen LogP contribution in [0.5, 0.6) is 0 Å². The van der Waals surface area contributed by atoms with E-state index < -0.39 is 12.2 Å². The van der Waals surface area contributed by atoms with Gasteiger partial charge in [0.05, 0.1) is 0 Å². The highest BCUT2D eigenvalue weighted by Gasteiger charge is 2.39. The van der Waals surface area contributed by atoms with Crippen molar-refractivity contribution in [3.05, 3.63) is 33.3 Å². The highest BCUT2D eigenvalue weighted by molar-refractivity contribution is 9.10. The number of halogens is 5. The van der Waals surface area contributed by atoms with Crippen LogP contribution in [-0.4, -0.2) is 6.18 Å². The summed E-state index contributed by atoms with van der Waals surface area (Å²) in [5.41, 5.74) is 4.90.